The molecule has 0 radical (unpaired) electrons. The molecule has 0 spiro atoms. The van der Waals surface area contributed by atoms with E-state index < -0.39 is 0 Å². The topological polar surface area (TPSA) is 29.5 Å². The lowest BCUT2D eigenvalue weighted by molar-refractivity contribution is 0.100. The van der Waals surface area contributed by atoms with Crippen molar-refractivity contribution in [2.45, 2.75) is 0 Å². The van der Waals surface area contributed by atoms with E-state index in [-0.39, 0.29) is 5.78 Å². The van der Waals surface area contributed by atoms with Crippen molar-refractivity contribution >= 4 is 5.78 Å². The van der Waals surface area contributed by atoms with Crippen molar-refractivity contribution in [1.29, 1.82) is 0 Å². The maximum Gasteiger partial charge on any atom is 0.208 e. The molecule has 0 N–H and O–H groups in total. The molecule has 0 aliphatic carbocycles. The molecule has 3 nitrogen and oxygen atoms in total. The zero-order valence-corrected chi connectivity index (χ0v) is 9.28. The monoisotopic (exact) mass is 205 g/mol. The first kappa shape index (κ1) is 11.3. The Bertz CT molecular complexity index is 366. The van der Waals surface area contributed by atoms with E-state index in [1.165, 1.54) is 0 Å². The molecule has 0 unspecified atom stereocenters. The lowest BCUT2D eigenvalue weighted by Crippen LogP contribution is -2.18. The third-order valence-electron chi connectivity index (χ3n) is 2.15. The SMILES string of the molecule is C=C(C(=O)c1ccc(OC)cc1)N(C)C. The summed E-state index contributed by atoms with van der Waals surface area (Å²) in [5.74, 6) is 0.671. The van der Waals surface area contributed by atoms with E-state index in [4.69, 9.17) is 4.74 Å². The van der Waals surface area contributed by atoms with Crippen LogP contribution in [0.1, 0.15) is 10.4 Å². The normalized spacial score (nSPS) is 9.53. The van der Waals surface area contributed by atoms with Crippen LogP contribution in [0.25, 0.3) is 0 Å². The first-order chi connectivity index (χ1) is 7.06. The van der Waals surface area contributed by atoms with Gasteiger partial charge in [-0.25, -0.2) is 0 Å². The van der Waals surface area contributed by atoms with E-state index in [2.05, 4.69) is 6.58 Å². The summed E-state index contributed by atoms with van der Waals surface area (Å²) < 4.78 is 5.01. The number of Topliss-reactive ketones (excluding diaryl/α,β-unsaturated/α-hetero) is 1. The van der Waals surface area contributed by atoms with E-state index in [1.807, 2.05) is 0 Å². The van der Waals surface area contributed by atoms with Crippen molar-refractivity contribution in [1.82, 2.24) is 4.90 Å². The quantitative estimate of drug-likeness (QED) is 0.556. The second-order valence-corrected chi connectivity index (χ2v) is 3.40. The fourth-order valence-electron chi connectivity index (χ4n) is 1.11. The van der Waals surface area contributed by atoms with Gasteiger partial charge in [-0.15, -0.1) is 0 Å². The smallest absolute Gasteiger partial charge is 0.208 e. The molecule has 0 aliphatic heterocycles. The maximum absolute atomic E-state index is 11.8. The minimum atomic E-state index is -0.0670. The average Bonchev–Trinajstić information content (AvgIpc) is 2.27. The van der Waals surface area contributed by atoms with Crippen LogP contribution < -0.4 is 4.74 Å². The number of rotatable bonds is 4. The number of carbonyl (C=O) groups is 1. The second kappa shape index (κ2) is 4.64. The molecular formula is C12H15NO2. The summed E-state index contributed by atoms with van der Waals surface area (Å²) in [6.07, 6.45) is 0. The predicted octanol–water partition coefficient (Wildman–Crippen LogP) is 1.95. The summed E-state index contributed by atoms with van der Waals surface area (Å²) in [6, 6.07) is 6.98. The number of methoxy groups -OCH3 is 1. The van der Waals surface area contributed by atoms with Gasteiger partial charge in [0.1, 0.15) is 5.75 Å². The van der Waals surface area contributed by atoms with Crippen molar-refractivity contribution in [3.05, 3.63) is 42.1 Å². The lowest BCUT2D eigenvalue weighted by atomic mass is 10.1. The molecule has 0 atom stereocenters. The third kappa shape index (κ3) is 2.59. The summed E-state index contributed by atoms with van der Waals surface area (Å²) in [5, 5.41) is 0. The number of likely N-dealkylation sites (N-methyl/N-ethyl adjacent to an activating group) is 1. The first-order valence-electron chi connectivity index (χ1n) is 4.61. The highest BCUT2D eigenvalue weighted by Gasteiger charge is 2.11. The van der Waals surface area contributed by atoms with Crippen LogP contribution in [0, 0.1) is 0 Å². The Balaban J connectivity index is 2.88. The molecular weight excluding hydrogens is 190 g/mol. The highest BCUT2D eigenvalue weighted by molar-refractivity contribution is 6.07. The van der Waals surface area contributed by atoms with Gasteiger partial charge < -0.3 is 9.64 Å². The standard InChI is InChI=1S/C12H15NO2/c1-9(13(2)3)12(14)10-5-7-11(15-4)8-6-10/h5-8H,1H2,2-4H3. The molecule has 1 aromatic rings. The summed E-state index contributed by atoms with van der Waals surface area (Å²) in [6.45, 7) is 3.72. The molecule has 0 saturated heterocycles. The van der Waals surface area contributed by atoms with Crippen LogP contribution in [0.4, 0.5) is 0 Å². The Hall–Kier alpha value is -1.77. The second-order valence-electron chi connectivity index (χ2n) is 3.40. The zero-order valence-electron chi connectivity index (χ0n) is 9.28. The number of ether oxygens (including phenoxy) is 1. The van der Waals surface area contributed by atoms with Gasteiger partial charge in [0, 0.05) is 19.7 Å². The van der Waals surface area contributed by atoms with E-state index in [0.717, 1.165) is 5.75 Å². The molecule has 1 rings (SSSR count). The van der Waals surface area contributed by atoms with Crippen LogP contribution in [0.15, 0.2) is 36.5 Å². The minimum Gasteiger partial charge on any atom is -0.497 e. The van der Waals surface area contributed by atoms with Gasteiger partial charge in [-0.1, -0.05) is 6.58 Å². The Kier molecular flexibility index (Phi) is 3.50. The molecule has 0 heterocycles. The van der Waals surface area contributed by atoms with E-state index >= 15 is 0 Å². The van der Waals surface area contributed by atoms with Gasteiger partial charge in [0.05, 0.1) is 12.8 Å². The minimum absolute atomic E-state index is 0.0670. The summed E-state index contributed by atoms with van der Waals surface area (Å²) in [4.78, 5) is 13.5. The Labute approximate surface area is 90.0 Å². The lowest BCUT2D eigenvalue weighted by Gasteiger charge is -2.14. The molecule has 0 fully saturated rings. The highest BCUT2D eigenvalue weighted by atomic mass is 16.5. The first-order valence-corrected chi connectivity index (χ1v) is 4.61. The Morgan fingerprint density at radius 3 is 2.20 bits per heavy atom. The molecule has 3 heteroatoms. The molecule has 0 saturated carbocycles. The van der Waals surface area contributed by atoms with Gasteiger partial charge in [-0.2, -0.15) is 0 Å². The molecule has 0 aliphatic rings. The number of carbonyl (C=O) groups excluding carboxylic acids is 1. The largest absolute Gasteiger partial charge is 0.497 e. The van der Waals surface area contributed by atoms with Crippen molar-refractivity contribution < 1.29 is 9.53 Å². The molecule has 0 aromatic heterocycles. The van der Waals surface area contributed by atoms with Gasteiger partial charge in [0.2, 0.25) is 5.78 Å². The predicted molar refractivity (Wildman–Crippen MR) is 60.2 cm³/mol. The van der Waals surface area contributed by atoms with Gasteiger partial charge in [-0.05, 0) is 24.3 Å². The van der Waals surface area contributed by atoms with Crippen LogP contribution in [0.2, 0.25) is 0 Å². The Morgan fingerprint density at radius 1 is 1.27 bits per heavy atom. The van der Waals surface area contributed by atoms with Crippen LogP contribution >= 0.6 is 0 Å². The summed E-state index contributed by atoms with van der Waals surface area (Å²) in [7, 11) is 5.18. The van der Waals surface area contributed by atoms with Crippen molar-refractivity contribution in [3.63, 3.8) is 0 Å². The van der Waals surface area contributed by atoms with E-state index in [9.17, 15) is 4.79 Å². The molecule has 0 bridgehead atoms. The fourth-order valence-corrected chi connectivity index (χ4v) is 1.11. The molecule has 0 amide bonds. The Morgan fingerprint density at radius 2 is 1.80 bits per heavy atom. The van der Waals surface area contributed by atoms with Gasteiger partial charge in [0.25, 0.3) is 0 Å². The maximum atomic E-state index is 11.8. The summed E-state index contributed by atoms with van der Waals surface area (Å²) in [5.41, 5.74) is 1.09. The van der Waals surface area contributed by atoms with E-state index in [0.29, 0.717) is 11.3 Å². The van der Waals surface area contributed by atoms with Crippen LogP contribution in [0.5, 0.6) is 5.75 Å². The van der Waals surface area contributed by atoms with Gasteiger partial charge in [0.15, 0.2) is 0 Å². The van der Waals surface area contributed by atoms with Crippen molar-refractivity contribution in [3.8, 4) is 5.75 Å². The van der Waals surface area contributed by atoms with Crippen LogP contribution in [0.3, 0.4) is 0 Å². The number of nitrogens with zero attached hydrogens (tertiary/aromatic N) is 1. The summed E-state index contributed by atoms with van der Waals surface area (Å²) >= 11 is 0. The van der Waals surface area contributed by atoms with Crippen molar-refractivity contribution in [2.75, 3.05) is 21.2 Å². The number of allylic oxidation sites excluding steroid dienone is 1. The van der Waals surface area contributed by atoms with E-state index in [1.54, 1.807) is 50.4 Å². The number of hydrogen-bond donors (Lipinski definition) is 0. The van der Waals surface area contributed by atoms with Gasteiger partial charge >= 0.3 is 0 Å². The fraction of sp³-hybridized carbons (Fsp3) is 0.250. The van der Waals surface area contributed by atoms with Crippen molar-refractivity contribution in [2.24, 2.45) is 0 Å². The third-order valence-corrected chi connectivity index (χ3v) is 2.15. The molecule has 1 aromatic carbocycles. The average molecular weight is 205 g/mol. The zero-order chi connectivity index (χ0) is 11.4. The molecule has 80 valence electrons. The number of benzene rings is 1. The van der Waals surface area contributed by atoms with Crippen LogP contribution in [-0.4, -0.2) is 31.9 Å². The van der Waals surface area contributed by atoms with Crippen LogP contribution in [-0.2, 0) is 0 Å². The van der Waals surface area contributed by atoms with Gasteiger partial charge in [-0.3, -0.25) is 4.79 Å². The number of ketones is 1. The highest BCUT2D eigenvalue weighted by Crippen LogP contribution is 2.14. The molecule has 15 heavy (non-hydrogen) atoms. The number of hydrogen-bond acceptors (Lipinski definition) is 3.